The average Bonchev–Trinajstić information content (AvgIpc) is 2.53. The van der Waals surface area contributed by atoms with Crippen molar-refractivity contribution in [1.29, 1.82) is 0 Å². The lowest BCUT2D eigenvalue weighted by Gasteiger charge is -2.18. The predicted molar refractivity (Wildman–Crippen MR) is 77.9 cm³/mol. The minimum atomic E-state index is -0.497. The first kappa shape index (κ1) is 14.4. The first-order valence-electron chi connectivity index (χ1n) is 5.98. The van der Waals surface area contributed by atoms with E-state index in [0.29, 0.717) is 11.3 Å². The number of nitro groups is 1. The third kappa shape index (κ3) is 2.95. The molecule has 8 nitrogen and oxygen atoms in total. The van der Waals surface area contributed by atoms with E-state index in [-0.39, 0.29) is 17.4 Å². The lowest BCUT2D eigenvalue weighted by molar-refractivity contribution is -0.384. The Morgan fingerprint density at radius 2 is 2.00 bits per heavy atom. The molecule has 1 amide bonds. The van der Waals surface area contributed by atoms with Gasteiger partial charge in [0.25, 0.3) is 11.6 Å². The highest BCUT2D eigenvalue weighted by Crippen LogP contribution is 2.21. The highest BCUT2D eigenvalue weighted by molar-refractivity contribution is 6.08. The number of rotatable bonds is 4. The number of hydrogen-bond donors (Lipinski definition) is 2. The Hall–Kier alpha value is -3.00. The van der Waals surface area contributed by atoms with E-state index in [2.05, 4.69) is 10.4 Å². The van der Waals surface area contributed by atoms with Crippen LogP contribution < -0.4 is 16.2 Å². The first-order valence-corrected chi connectivity index (χ1v) is 5.98. The summed E-state index contributed by atoms with van der Waals surface area (Å²) in [6, 6.07) is 8.89. The van der Waals surface area contributed by atoms with Gasteiger partial charge in [-0.15, -0.1) is 0 Å². The van der Waals surface area contributed by atoms with Gasteiger partial charge in [-0.1, -0.05) is 0 Å². The summed E-state index contributed by atoms with van der Waals surface area (Å²) in [5, 5.41) is 10.6. The van der Waals surface area contributed by atoms with Crippen molar-refractivity contribution in [3.05, 3.63) is 58.3 Å². The van der Waals surface area contributed by atoms with Gasteiger partial charge in [-0.3, -0.25) is 14.9 Å². The van der Waals surface area contributed by atoms with Crippen LogP contribution in [0.2, 0.25) is 0 Å². The maximum absolute atomic E-state index is 12.4. The smallest absolute Gasteiger partial charge is 0.269 e. The molecule has 0 aliphatic rings. The van der Waals surface area contributed by atoms with Crippen LogP contribution in [0.15, 0.2) is 42.6 Å². The molecule has 108 valence electrons. The molecule has 8 heteroatoms. The van der Waals surface area contributed by atoms with Crippen LogP contribution in [0.5, 0.6) is 0 Å². The van der Waals surface area contributed by atoms with Crippen LogP contribution in [0.25, 0.3) is 0 Å². The molecule has 0 saturated heterocycles. The van der Waals surface area contributed by atoms with Crippen LogP contribution >= 0.6 is 0 Å². The summed E-state index contributed by atoms with van der Waals surface area (Å²) in [6.07, 6.45) is 1.51. The van der Waals surface area contributed by atoms with Crippen LogP contribution in [0.1, 0.15) is 10.4 Å². The van der Waals surface area contributed by atoms with Gasteiger partial charge in [-0.05, 0) is 24.3 Å². The molecule has 1 heterocycles. The van der Waals surface area contributed by atoms with E-state index in [1.807, 2.05) is 0 Å². The van der Waals surface area contributed by atoms with Crippen LogP contribution in [0.4, 0.5) is 17.2 Å². The SMILES string of the molecule is CN(C(=O)c1cccnc1NN)c1ccc([N+](=O)[O-])cc1. The second kappa shape index (κ2) is 5.97. The second-order valence-corrected chi connectivity index (χ2v) is 4.18. The maximum Gasteiger partial charge on any atom is 0.269 e. The molecule has 0 bridgehead atoms. The number of hydrazine groups is 1. The van der Waals surface area contributed by atoms with Gasteiger partial charge in [0.05, 0.1) is 10.5 Å². The molecule has 1 aromatic heterocycles. The Balaban J connectivity index is 2.28. The summed E-state index contributed by atoms with van der Waals surface area (Å²) in [7, 11) is 1.57. The third-order valence-electron chi connectivity index (χ3n) is 2.93. The zero-order valence-corrected chi connectivity index (χ0v) is 11.2. The number of nitrogen functional groups attached to an aromatic ring is 1. The van der Waals surface area contributed by atoms with Gasteiger partial charge in [0.15, 0.2) is 5.82 Å². The molecule has 0 fully saturated rings. The number of nitrogens with zero attached hydrogens (tertiary/aromatic N) is 3. The number of pyridine rings is 1. The number of anilines is 2. The molecule has 2 rings (SSSR count). The van der Waals surface area contributed by atoms with E-state index in [1.165, 1.54) is 35.4 Å². The van der Waals surface area contributed by atoms with Gasteiger partial charge in [0.1, 0.15) is 0 Å². The summed E-state index contributed by atoms with van der Waals surface area (Å²) >= 11 is 0. The minimum Gasteiger partial charge on any atom is -0.311 e. The molecule has 0 unspecified atom stereocenters. The van der Waals surface area contributed by atoms with Gasteiger partial charge >= 0.3 is 0 Å². The van der Waals surface area contributed by atoms with Crippen molar-refractivity contribution in [2.45, 2.75) is 0 Å². The van der Waals surface area contributed by atoms with Gasteiger partial charge < -0.3 is 10.3 Å². The molecular formula is C13H13N5O3. The van der Waals surface area contributed by atoms with Gasteiger partial charge in [-0.25, -0.2) is 10.8 Å². The topological polar surface area (TPSA) is 114 Å². The second-order valence-electron chi connectivity index (χ2n) is 4.18. The molecule has 1 aromatic carbocycles. The quantitative estimate of drug-likeness (QED) is 0.501. The number of nitrogens with two attached hydrogens (primary N) is 1. The van der Waals surface area contributed by atoms with Gasteiger partial charge in [0, 0.05) is 31.1 Å². The zero-order valence-electron chi connectivity index (χ0n) is 11.2. The molecule has 0 saturated carbocycles. The fourth-order valence-electron chi connectivity index (χ4n) is 1.79. The molecule has 2 aromatic rings. The average molecular weight is 287 g/mol. The largest absolute Gasteiger partial charge is 0.311 e. The van der Waals surface area contributed by atoms with E-state index in [1.54, 1.807) is 19.2 Å². The van der Waals surface area contributed by atoms with E-state index in [9.17, 15) is 14.9 Å². The van der Waals surface area contributed by atoms with Gasteiger partial charge in [0.2, 0.25) is 0 Å². The van der Waals surface area contributed by atoms with Crippen LogP contribution in [-0.2, 0) is 0 Å². The van der Waals surface area contributed by atoms with Crippen molar-refractivity contribution in [3.8, 4) is 0 Å². The van der Waals surface area contributed by atoms with Crippen LogP contribution in [-0.4, -0.2) is 22.9 Å². The Labute approximate surface area is 120 Å². The molecular weight excluding hydrogens is 274 g/mol. The number of hydrogen-bond acceptors (Lipinski definition) is 6. The number of benzene rings is 1. The number of aromatic nitrogens is 1. The standard InChI is InChI=1S/C13H13N5O3/c1-17(9-4-6-10(7-5-9)18(20)21)13(19)11-3-2-8-15-12(11)16-14/h2-8H,14H2,1H3,(H,15,16). The van der Waals surface area contributed by atoms with Crippen molar-refractivity contribution in [2.75, 3.05) is 17.4 Å². The monoisotopic (exact) mass is 287 g/mol. The van der Waals surface area contributed by atoms with Crippen LogP contribution in [0, 0.1) is 10.1 Å². The van der Waals surface area contributed by atoms with E-state index in [4.69, 9.17) is 5.84 Å². The summed E-state index contributed by atoms with van der Waals surface area (Å²) in [5.41, 5.74) is 3.15. The molecule has 0 aliphatic heterocycles. The van der Waals surface area contributed by atoms with Crippen molar-refractivity contribution >= 4 is 23.1 Å². The van der Waals surface area contributed by atoms with E-state index in [0.717, 1.165) is 0 Å². The lowest BCUT2D eigenvalue weighted by Crippen LogP contribution is -2.28. The fraction of sp³-hybridized carbons (Fsp3) is 0.0769. The van der Waals surface area contributed by atoms with Crippen LogP contribution in [0.3, 0.4) is 0 Å². The Morgan fingerprint density at radius 3 is 2.57 bits per heavy atom. The zero-order chi connectivity index (χ0) is 15.4. The minimum absolute atomic E-state index is 0.0368. The highest BCUT2D eigenvalue weighted by Gasteiger charge is 2.18. The fourth-order valence-corrected chi connectivity index (χ4v) is 1.79. The summed E-state index contributed by atoms with van der Waals surface area (Å²) in [5.74, 6) is 5.25. The normalized spacial score (nSPS) is 10.0. The van der Waals surface area contributed by atoms with Crippen molar-refractivity contribution < 1.29 is 9.72 Å². The summed E-state index contributed by atoms with van der Waals surface area (Å²) in [4.78, 5) is 27.8. The van der Waals surface area contributed by atoms with E-state index >= 15 is 0 Å². The predicted octanol–water partition coefficient (Wildman–Crippen LogP) is 1.55. The number of carbonyl (C=O) groups is 1. The lowest BCUT2D eigenvalue weighted by atomic mass is 10.2. The Morgan fingerprint density at radius 1 is 1.33 bits per heavy atom. The molecule has 0 radical (unpaired) electrons. The maximum atomic E-state index is 12.4. The Bertz CT molecular complexity index is 672. The molecule has 0 aliphatic carbocycles. The third-order valence-corrected chi connectivity index (χ3v) is 2.93. The Kier molecular flexibility index (Phi) is 4.10. The summed E-state index contributed by atoms with van der Waals surface area (Å²) < 4.78 is 0. The molecule has 21 heavy (non-hydrogen) atoms. The molecule has 0 atom stereocenters. The molecule has 0 spiro atoms. The number of non-ortho nitro benzene ring substituents is 1. The van der Waals surface area contributed by atoms with Crippen molar-refractivity contribution in [3.63, 3.8) is 0 Å². The molecule has 3 N–H and O–H groups in total. The van der Waals surface area contributed by atoms with Gasteiger partial charge in [-0.2, -0.15) is 0 Å². The highest BCUT2D eigenvalue weighted by atomic mass is 16.6. The van der Waals surface area contributed by atoms with Crippen molar-refractivity contribution in [1.82, 2.24) is 4.98 Å². The number of nitrogens with one attached hydrogen (secondary N) is 1. The van der Waals surface area contributed by atoms with E-state index < -0.39 is 4.92 Å². The number of carbonyl (C=O) groups excluding carboxylic acids is 1. The summed E-state index contributed by atoms with van der Waals surface area (Å²) in [6.45, 7) is 0. The van der Waals surface area contributed by atoms with Crippen molar-refractivity contribution in [2.24, 2.45) is 5.84 Å². The number of amides is 1. The first-order chi connectivity index (χ1) is 10.0. The number of nitro benzene ring substituents is 1.